The van der Waals surface area contributed by atoms with Crippen molar-refractivity contribution in [3.63, 3.8) is 0 Å². The molecule has 2 aliphatic heterocycles. The molecule has 2 amide bonds. The minimum atomic E-state index is -0.0308. The second-order valence-electron chi connectivity index (χ2n) is 6.58. The van der Waals surface area contributed by atoms with Gasteiger partial charge in [-0.2, -0.15) is 0 Å². The molecule has 3 atom stereocenters. The average Bonchev–Trinajstić information content (AvgIpc) is 2.53. The van der Waals surface area contributed by atoms with Gasteiger partial charge in [-0.15, -0.1) is 0 Å². The van der Waals surface area contributed by atoms with Crippen molar-refractivity contribution in [1.29, 1.82) is 0 Å². The first-order valence-electron chi connectivity index (χ1n) is 8.35. The summed E-state index contributed by atoms with van der Waals surface area (Å²) in [5.74, 6) is 0.991. The molecule has 0 aliphatic carbocycles. The third-order valence-corrected chi connectivity index (χ3v) is 4.96. The van der Waals surface area contributed by atoms with Crippen molar-refractivity contribution in [1.82, 2.24) is 9.80 Å². The summed E-state index contributed by atoms with van der Waals surface area (Å²) >= 11 is 0. The number of likely N-dealkylation sites (tertiary alicyclic amines) is 2. The normalized spacial score (nSPS) is 30.3. The second-order valence-corrected chi connectivity index (χ2v) is 6.58. The second kappa shape index (κ2) is 7.25. The zero-order valence-corrected chi connectivity index (χ0v) is 13.4. The van der Waals surface area contributed by atoms with E-state index in [4.69, 9.17) is 5.73 Å². The molecular formula is C16H29N3O2. The third kappa shape index (κ3) is 3.76. The van der Waals surface area contributed by atoms with Gasteiger partial charge in [0.15, 0.2) is 0 Å². The van der Waals surface area contributed by atoms with E-state index in [0.717, 1.165) is 38.8 Å². The van der Waals surface area contributed by atoms with E-state index in [2.05, 4.69) is 6.92 Å². The van der Waals surface area contributed by atoms with E-state index in [1.807, 2.05) is 16.7 Å². The number of piperidine rings is 2. The number of nitrogens with zero attached hydrogens (tertiary/aromatic N) is 2. The molecule has 2 aliphatic rings. The Kier molecular flexibility index (Phi) is 5.62. The molecular weight excluding hydrogens is 266 g/mol. The maximum Gasteiger partial charge on any atom is 0.227 e. The summed E-state index contributed by atoms with van der Waals surface area (Å²) in [5.41, 5.74) is 5.86. The van der Waals surface area contributed by atoms with Crippen LogP contribution in [0.3, 0.4) is 0 Å². The summed E-state index contributed by atoms with van der Waals surface area (Å²) in [6.07, 6.45) is 4.42. The van der Waals surface area contributed by atoms with Gasteiger partial charge in [-0.05, 0) is 31.6 Å². The molecule has 21 heavy (non-hydrogen) atoms. The van der Waals surface area contributed by atoms with Gasteiger partial charge in [0.1, 0.15) is 0 Å². The van der Waals surface area contributed by atoms with Gasteiger partial charge in [-0.1, -0.05) is 13.8 Å². The average molecular weight is 295 g/mol. The maximum atomic E-state index is 12.8. The molecule has 0 radical (unpaired) electrons. The molecule has 0 aromatic carbocycles. The van der Waals surface area contributed by atoms with Crippen molar-refractivity contribution < 1.29 is 9.59 Å². The van der Waals surface area contributed by atoms with E-state index in [1.54, 1.807) is 0 Å². The smallest absolute Gasteiger partial charge is 0.227 e. The molecule has 0 bridgehead atoms. The Labute approximate surface area is 127 Å². The highest BCUT2D eigenvalue weighted by Crippen LogP contribution is 2.26. The van der Waals surface area contributed by atoms with Crippen LogP contribution in [0.2, 0.25) is 0 Å². The van der Waals surface area contributed by atoms with Crippen LogP contribution >= 0.6 is 0 Å². The Morgan fingerprint density at radius 2 is 2.00 bits per heavy atom. The maximum absolute atomic E-state index is 12.8. The SMILES string of the molecule is CCC(=O)N1CCCC(C(=O)N2CCC(C)CC2CN)C1. The van der Waals surface area contributed by atoms with Crippen LogP contribution < -0.4 is 5.73 Å². The minimum Gasteiger partial charge on any atom is -0.342 e. The number of carbonyl (C=O) groups is 2. The fourth-order valence-electron chi connectivity index (χ4n) is 3.63. The Bertz CT molecular complexity index is 386. The summed E-state index contributed by atoms with van der Waals surface area (Å²) in [6, 6.07) is 0.179. The van der Waals surface area contributed by atoms with Crippen LogP contribution in [0.1, 0.15) is 46.0 Å². The monoisotopic (exact) mass is 295 g/mol. The molecule has 0 aromatic rings. The molecule has 120 valence electrons. The molecule has 2 rings (SSSR count). The topological polar surface area (TPSA) is 66.6 Å². The molecule has 5 heteroatoms. The zero-order valence-electron chi connectivity index (χ0n) is 13.4. The molecule has 2 saturated heterocycles. The summed E-state index contributed by atoms with van der Waals surface area (Å²) in [7, 11) is 0. The lowest BCUT2D eigenvalue weighted by Crippen LogP contribution is -2.54. The number of rotatable bonds is 3. The van der Waals surface area contributed by atoms with Crippen molar-refractivity contribution in [2.45, 2.75) is 52.0 Å². The van der Waals surface area contributed by atoms with Gasteiger partial charge >= 0.3 is 0 Å². The van der Waals surface area contributed by atoms with E-state index >= 15 is 0 Å². The number of hydrogen-bond donors (Lipinski definition) is 1. The zero-order chi connectivity index (χ0) is 15.4. The first-order valence-corrected chi connectivity index (χ1v) is 8.35. The van der Waals surface area contributed by atoms with Crippen LogP contribution in [-0.2, 0) is 9.59 Å². The van der Waals surface area contributed by atoms with E-state index in [1.165, 1.54) is 0 Å². The Morgan fingerprint density at radius 1 is 1.24 bits per heavy atom. The summed E-state index contributed by atoms with van der Waals surface area (Å²) in [5, 5.41) is 0. The Hall–Kier alpha value is -1.10. The van der Waals surface area contributed by atoms with Crippen molar-refractivity contribution in [2.24, 2.45) is 17.6 Å². The number of nitrogens with two attached hydrogens (primary N) is 1. The van der Waals surface area contributed by atoms with Crippen molar-refractivity contribution in [3.8, 4) is 0 Å². The largest absolute Gasteiger partial charge is 0.342 e. The minimum absolute atomic E-state index is 0.0308. The Balaban J connectivity index is 1.99. The van der Waals surface area contributed by atoms with Crippen LogP contribution in [0.15, 0.2) is 0 Å². The number of amides is 2. The summed E-state index contributed by atoms with van der Waals surface area (Å²) < 4.78 is 0. The highest BCUT2D eigenvalue weighted by atomic mass is 16.2. The third-order valence-electron chi connectivity index (χ3n) is 4.96. The van der Waals surface area contributed by atoms with Crippen LogP contribution in [0.5, 0.6) is 0 Å². The fraction of sp³-hybridized carbons (Fsp3) is 0.875. The molecule has 0 aromatic heterocycles. The molecule has 0 spiro atoms. The van der Waals surface area contributed by atoms with Crippen LogP contribution in [0.25, 0.3) is 0 Å². The number of carbonyl (C=O) groups excluding carboxylic acids is 2. The van der Waals surface area contributed by atoms with E-state index in [9.17, 15) is 9.59 Å². The predicted octanol–water partition coefficient (Wildman–Crippen LogP) is 1.22. The summed E-state index contributed by atoms with van der Waals surface area (Å²) in [6.45, 7) is 6.86. The van der Waals surface area contributed by atoms with Crippen LogP contribution in [0.4, 0.5) is 0 Å². The van der Waals surface area contributed by atoms with Gasteiger partial charge < -0.3 is 15.5 Å². The first-order chi connectivity index (χ1) is 10.1. The molecule has 5 nitrogen and oxygen atoms in total. The molecule has 2 N–H and O–H groups in total. The molecule has 3 unspecified atom stereocenters. The van der Waals surface area contributed by atoms with Crippen LogP contribution in [0, 0.1) is 11.8 Å². The lowest BCUT2D eigenvalue weighted by molar-refractivity contribution is -0.144. The fourth-order valence-corrected chi connectivity index (χ4v) is 3.63. The van der Waals surface area contributed by atoms with Crippen LogP contribution in [-0.4, -0.2) is 53.8 Å². The highest BCUT2D eigenvalue weighted by molar-refractivity contribution is 5.81. The predicted molar refractivity (Wildman–Crippen MR) is 82.5 cm³/mol. The van der Waals surface area contributed by atoms with Gasteiger partial charge in [-0.25, -0.2) is 0 Å². The highest BCUT2D eigenvalue weighted by Gasteiger charge is 2.35. The standard InChI is InChI=1S/C16H29N3O2/c1-3-15(20)18-7-4-5-13(11-18)16(21)19-8-6-12(2)9-14(19)10-17/h12-14H,3-11,17H2,1-2H3. The quantitative estimate of drug-likeness (QED) is 0.851. The van der Waals surface area contributed by atoms with E-state index < -0.39 is 0 Å². The van der Waals surface area contributed by atoms with E-state index in [0.29, 0.717) is 25.4 Å². The molecule has 2 fully saturated rings. The number of hydrogen-bond acceptors (Lipinski definition) is 3. The molecule has 0 saturated carbocycles. The van der Waals surface area contributed by atoms with Gasteiger partial charge in [0.25, 0.3) is 0 Å². The van der Waals surface area contributed by atoms with Crippen molar-refractivity contribution >= 4 is 11.8 Å². The Morgan fingerprint density at radius 3 is 2.67 bits per heavy atom. The van der Waals surface area contributed by atoms with Gasteiger partial charge in [-0.3, -0.25) is 9.59 Å². The van der Waals surface area contributed by atoms with Crippen molar-refractivity contribution in [2.75, 3.05) is 26.2 Å². The first kappa shape index (κ1) is 16.3. The van der Waals surface area contributed by atoms with Gasteiger partial charge in [0.2, 0.25) is 11.8 Å². The lowest BCUT2D eigenvalue weighted by Gasteiger charge is -2.41. The van der Waals surface area contributed by atoms with E-state index in [-0.39, 0.29) is 23.8 Å². The lowest BCUT2D eigenvalue weighted by atomic mass is 9.89. The molecule has 2 heterocycles. The van der Waals surface area contributed by atoms with Crippen molar-refractivity contribution in [3.05, 3.63) is 0 Å². The summed E-state index contributed by atoms with van der Waals surface area (Å²) in [4.78, 5) is 28.5. The van der Waals surface area contributed by atoms with Gasteiger partial charge in [0, 0.05) is 38.6 Å². The van der Waals surface area contributed by atoms with Gasteiger partial charge in [0.05, 0.1) is 5.92 Å².